The highest BCUT2D eigenvalue weighted by atomic mass is 15.2. The summed E-state index contributed by atoms with van der Waals surface area (Å²) in [4.78, 5) is 8.69. The van der Waals surface area contributed by atoms with Gasteiger partial charge in [-0.15, -0.1) is 0 Å². The van der Waals surface area contributed by atoms with E-state index in [2.05, 4.69) is 27.9 Å². The Labute approximate surface area is 117 Å². The Hall–Kier alpha value is -0.800. The summed E-state index contributed by atoms with van der Waals surface area (Å²) in [7, 11) is 2.22. The van der Waals surface area contributed by atoms with Gasteiger partial charge >= 0.3 is 0 Å². The number of fused-ring (bicyclic) bond motifs is 1. The fourth-order valence-corrected chi connectivity index (χ4v) is 3.37. The zero-order valence-electron chi connectivity index (χ0n) is 12.2. The quantitative estimate of drug-likeness (QED) is 0.896. The van der Waals surface area contributed by atoms with Crippen molar-refractivity contribution in [1.82, 2.24) is 14.8 Å². The molecule has 1 aliphatic carbocycles. The van der Waals surface area contributed by atoms with Gasteiger partial charge in [0.1, 0.15) is 0 Å². The molecule has 0 bridgehead atoms. The first kappa shape index (κ1) is 13.2. The van der Waals surface area contributed by atoms with Crippen LogP contribution in [0.2, 0.25) is 0 Å². The van der Waals surface area contributed by atoms with Crippen LogP contribution in [0.25, 0.3) is 0 Å². The maximum absolute atomic E-state index is 3.65. The van der Waals surface area contributed by atoms with Gasteiger partial charge in [-0.2, -0.15) is 0 Å². The van der Waals surface area contributed by atoms with Crippen molar-refractivity contribution in [1.29, 1.82) is 0 Å². The van der Waals surface area contributed by atoms with Gasteiger partial charge in [0.15, 0.2) is 0 Å². The average Bonchev–Trinajstić information content (AvgIpc) is 2.83. The van der Waals surface area contributed by atoms with E-state index in [0.29, 0.717) is 0 Å². The van der Waals surface area contributed by atoms with Crippen LogP contribution in [0, 0.1) is 0 Å². The molecule has 2 heterocycles. The molecule has 1 aromatic heterocycles. The number of H-pyrrole nitrogens is 1. The summed E-state index contributed by atoms with van der Waals surface area (Å²) in [5.41, 5.74) is 4.60. The highest BCUT2D eigenvalue weighted by Gasteiger charge is 2.14. The summed E-state index contributed by atoms with van der Waals surface area (Å²) in [5.74, 6) is 0. The molecule has 1 aliphatic heterocycles. The van der Waals surface area contributed by atoms with Crippen molar-refractivity contribution in [2.45, 2.75) is 38.5 Å². The van der Waals surface area contributed by atoms with Crippen molar-refractivity contribution >= 4 is 0 Å². The van der Waals surface area contributed by atoms with Crippen molar-refractivity contribution < 1.29 is 0 Å². The maximum Gasteiger partial charge on any atom is 0.0181 e. The van der Waals surface area contributed by atoms with Crippen molar-refractivity contribution in [2.75, 3.05) is 39.8 Å². The van der Waals surface area contributed by atoms with Crippen LogP contribution in [0.1, 0.15) is 36.2 Å². The molecule has 1 N–H and O–H groups in total. The molecule has 3 nitrogen and oxygen atoms in total. The van der Waals surface area contributed by atoms with E-state index in [4.69, 9.17) is 0 Å². The number of nitrogens with one attached hydrogen (secondary N) is 1. The number of piperazine rings is 1. The van der Waals surface area contributed by atoms with Crippen LogP contribution in [0.15, 0.2) is 6.07 Å². The van der Waals surface area contributed by atoms with Crippen LogP contribution in [0.5, 0.6) is 0 Å². The third-order valence-electron chi connectivity index (χ3n) is 4.69. The summed E-state index contributed by atoms with van der Waals surface area (Å²) in [6.45, 7) is 6.22. The minimum absolute atomic E-state index is 1.22. The normalized spacial score (nSPS) is 21.5. The topological polar surface area (TPSA) is 22.3 Å². The first-order valence-electron chi connectivity index (χ1n) is 7.92. The first-order chi connectivity index (χ1) is 9.31. The van der Waals surface area contributed by atoms with Crippen LogP contribution in [0.3, 0.4) is 0 Å². The van der Waals surface area contributed by atoms with Gasteiger partial charge in [-0.1, -0.05) is 0 Å². The third-order valence-corrected chi connectivity index (χ3v) is 4.69. The van der Waals surface area contributed by atoms with Crippen LogP contribution < -0.4 is 0 Å². The fourth-order valence-electron chi connectivity index (χ4n) is 3.37. The molecule has 19 heavy (non-hydrogen) atoms. The molecule has 1 saturated heterocycles. The molecule has 0 saturated carbocycles. The van der Waals surface area contributed by atoms with Crippen LogP contribution in [-0.2, 0) is 19.3 Å². The minimum Gasteiger partial charge on any atom is -0.362 e. The lowest BCUT2D eigenvalue weighted by Gasteiger charge is -2.32. The number of hydrogen-bond donors (Lipinski definition) is 1. The molecular formula is C16H27N3. The molecule has 1 aromatic rings. The molecule has 0 radical (unpaired) electrons. The fraction of sp³-hybridized carbons (Fsp3) is 0.750. The molecule has 106 valence electrons. The van der Waals surface area contributed by atoms with E-state index in [1.807, 2.05) is 0 Å². The monoisotopic (exact) mass is 261 g/mol. The first-order valence-corrected chi connectivity index (χ1v) is 7.92. The molecule has 3 heteroatoms. The predicted octanol–water partition coefficient (Wildman–Crippen LogP) is 2.07. The summed E-state index contributed by atoms with van der Waals surface area (Å²) in [5, 5.41) is 0. The number of aromatic nitrogens is 1. The summed E-state index contributed by atoms with van der Waals surface area (Å²) in [6.07, 6.45) is 7.83. The molecule has 0 atom stereocenters. The van der Waals surface area contributed by atoms with Gasteiger partial charge in [-0.05, 0) is 63.7 Å². The molecule has 1 fully saturated rings. The third kappa shape index (κ3) is 3.40. The van der Waals surface area contributed by atoms with E-state index < -0.39 is 0 Å². The Balaban J connectivity index is 1.43. The summed E-state index contributed by atoms with van der Waals surface area (Å²) >= 11 is 0. The number of aryl methyl sites for hydroxylation is 3. The second-order valence-corrected chi connectivity index (χ2v) is 6.25. The van der Waals surface area contributed by atoms with Gasteiger partial charge < -0.3 is 14.8 Å². The lowest BCUT2D eigenvalue weighted by molar-refractivity contribution is 0.153. The van der Waals surface area contributed by atoms with E-state index in [1.165, 1.54) is 82.6 Å². The average molecular weight is 261 g/mol. The highest BCUT2D eigenvalue weighted by Crippen LogP contribution is 2.22. The van der Waals surface area contributed by atoms with Gasteiger partial charge in [0.05, 0.1) is 0 Å². The van der Waals surface area contributed by atoms with Gasteiger partial charge in [0.2, 0.25) is 0 Å². The highest BCUT2D eigenvalue weighted by molar-refractivity contribution is 5.28. The number of nitrogens with zero attached hydrogens (tertiary/aromatic N) is 2. The van der Waals surface area contributed by atoms with E-state index in [1.54, 1.807) is 5.56 Å². The molecule has 0 amide bonds. The Morgan fingerprint density at radius 2 is 1.89 bits per heavy atom. The van der Waals surface area contributed by atoms with Gasteiger partial charge in [0.25, 0.3) is 0 Å². The van der Waals surface area contributed by atoms with Crippen molar-refractivity contribution in [3.63, 3.8) is 0 Å². The maximum atomic E-state index is 3.65. The number of aromatic amines is 1. The Kier molecular flexibility index (Phi) is 4.24. The number of hydrogen-bond acceptors (Lipinski definition) is 2. The second-order valence-electron chi connectivity index (χ2n) is 6.25. The molecule has 3 rings (SSSR count). The SMILES string of the molecule is CN1CCN(CCCc2cc3c([nH]2)CCCC3)CC1. The Morgan fingerprint density at radius 1 is 1.11 bits per heavy atom. The smallest absolute Gasteiger partial charge is 0.0181 e. The van der Waals surface area contributed by atoms with Gasteiger partial charge in [-0.25, -0.2) is 0 Å². The van der Waals surface area contributed by atoms with Crippen molar-refractivity contribution in [2.24, 2.45) is 0 Å². The van der Waals surface area contributed by atoms with E-state index >= 15 is 0 Å². The van der Waals surface area contributed by atoms with Crippen LogP contribution in [0.4, 0.5) is 0 Å². The lowest BCUT2D eigenvalue weighted by Crippen LogP contribution is -2.44. The van der Waals surface area contributed by atoms with Gasteiger partial charge in [0, 0.05) is 37.6 Å². The molecule has 0 spiro atoms. The Morgan fingerprint density at radius 3 is 2.68 bits per heavy atom. The van der Waals surface area contributed by atoms with E-state index in [9.17, 15) is 0 Å². The summed E-state index contributed by atoms with van der Waals surface area (Å²) in [6, 6.07) is 2.43. The summed E-state index contributed by atoms with van der Waals surface area (Å²) < 4.78 is 0. The molecule has 0 unspecified atom stereocenters. The second kappa shape index (κ2) is 6.10. The molecular weight excluding hydrogens is 234 g/mol. The lowest BCUT2D eigenvalue weighted by atomic mass is 9.98. The molecule has 0 aromatic carbocycles. The minimum atomic E-state index is 1.22. The van der Waals surface area contributed by atoms with Crippen LogP contribution in [-0.4, -0.2) is 54.6 Å². The molecule has 2 aliphatic rings. The van der Waals surface area contributed by atoms with E-state index in [0.717, 1.165) is 0 Å². The number of rotatable bonds is 4. The van der Waals surface area contributed by atoms with Gasteiger partial charge in [-0.3, -0.25) is 0 Å². The van der Waals surface area contributed by atoms with Crippen molar-refractivity contribution in [3.8, 4) is 0 Å². The Bertz CT molecular complexity index is 379. The zero-order chi connectivity index (χ0) is 13.1. The van der Waals surface area contributed by atoms with E-state index in [-0.39, 0.29) is 0 Å². The standard InChI is InChI=1S/C16H27N3/c1-18-9-11-19(12-10-18)8-4-6-15-13-14-5-2-3-7-16(14)17-15/h13,17H,2-12H2,1H3. The number of likely N-dealkylation sites (N-methyl/N-ethyl adjacent to an activating group) is 1. The predicted molar refractivity (Wildman–Crippen MR) is 79.7 cm³/mol. The van der Waals surface area contributed by atoms with Crippen molar-refractivity contribution in [3.05, 3.63) is 23.0 Å². The zero-order valence-corrected chi connectivity index (χ0v) is 12.2. The largest absolute Gasteiger partial charge is 0.362 e. The van der Waals surface area contributed by atoms with Crippen LogP contribution >= 0.6 is 0 Å².